The van der Waals surface area contributed by atoms with E-state index in [-0.39, 0.29) is 56.0 Å². The van der Waals surface area contributed by atoms with E-state index in [1.54, 1.807) is 53.9 Å². The fourth-order valence-electron chi connectivity index (χ4n) is 5.10. The molecule has 4 aromatic rings. The van der Waals surface area contributed by atoms with Gasteiger partial charge in [0.25, 0.3) is 0 Å². The van der Waals surface area contributed by atoms with Crippen LogP contribution in [0.4, 0.5) is 14.4 Å². The molecule has 0 spiro atoms. The number of hydrogen-bond acceptors (Lipinski definition) is 14. The van der Waals surface area contributed by atoms with E-state index in [2.05, 4.69) is 67.7 Å². The number of carbonyl (C=O) groups is 4. The number of imidazole rings is 2. The van der Waals surface area contributed by atoms with Crippen molar-refractivity contribution in [3.05, 3.63) is 45.1 Å². The Labute approximate surface area is 384 Å². The zero-order chi connectivity index (χ0) is 43.3. The molecule has 20 nitrogen and oxygen atoms in total. The number of aliphatic hydroxyl groups excluding tert-OH is 1. The molecule has 3 amide bonds. The summed E-state index contributed by atoms with van der Waals surface area (Å²) in [6.45, 7) is 17.8. The third-order valence-electron chi connectivity index (χ3n) is 7.19. The Balaban J connectivity index is 0.00000121. The van der Waals surface area contributed by atoms with Crippen LogP contribution in [-0.4, -0.2) is 119 Å². The van der Waals surface area contributed by atoms with E-state index in [4.69, 9.17) is 18.9 Å². The molecule has 4 aromatic heterocycles. The molecule has 7 N–H and O–H groups in total. The Morgan fingerprint density at radius 2 is 1.05 bits per heavy atom. The number of nitrogens with one attached hydrogen (secondary N) is 3. The Bertz CT molecular complexity index is 2030. The van der Waals surface area contributed by atoms with Crippen LogP contribution in [0.1, 0.15) is 80.4 Å². The van der Waals surface area contributed by atoms with Crippen LogP contribution in [0.5, 0.6) is 0 Å². The van der Waals surface area contributed by atoms with E-state index in [1.807, 2.05) is 42.0 Å². The van der Waals surface area contributed by atoms with Crippen molar-refractivity contribution in [2.75, 3.05) is 32.8 Å². The molecule has 0 fully saturated rings. The van der Waals surface area contributed by atoms with Crippen molar-refractivity contribution in [1.29, 1.82) is 0 Å². The van der Waals surface area contributed by atoms with E-state index >= 15 is 0 Å². The predicted octanol–water partition coefficient (Wildman–Crippen LogP) is 1.97. The second kappa shape index (κ2) is 25.8. The first-order chi connectivity index (χ1) is 27.0. The average molecular weight is 984 g/mol. The monoisotopic (exact) mass is 981 g/mol. The van der Waals surface area contributed by atoms with Crippen molar-refractivity contribution in [2.24, 2.45) is 0 Å². The van der Waals surface area contributed by atoms with Crippen molar-refractivity contribution in [3.63, 3.8) is 0 Å². The Kier molecular flexibility index (Phi) is 24.1. The molecule has 4 rings (SSSR count). The van der Waals surface area contributed by atoms with Crippen LogP contribution < -0.4 is 34.8 Å². The zero-order valence-electron chi connectivity index (χ0n) is 36.5. The minimum atomic E-state index is -0.609. The third-order valence-corrected chi connectivity index (χ3v) is 8.06. The van der Waals surface area contributed by atoms with Crippen LogP contribution in [-0.2, 0) is 49.7 Å². The van der Waals surface area contributed by atoms with Gasteiger partial charge in [-0.25, -0.2) is 34.3 Å². The van der Waals surface area contributed by atoms with Crippen molar-refractivity contribution < 1.29 is 73.0 Å². The molecule has 61 heavy (non-hydrogen) atoms. The number of fused-ring (bicyclic) bond motifs is 2. The van der Waals surface area contributed by atoms with E-state index < -0.39 is 41.1 Å². The van der Waals surface area contributed by atoms with E-state index in [0.29, 0.717) is 56.0 Å². The molecule has 0 aliphatic rings. The van der Waals surface area contributed by atoms with Crippen LogP contribution in [0.2, 0.25) is 0 Å². The van der Waals surface area contributed by atoms with Gasteiger partial charge in [-0.15, -0.1) is 0 Å². The molecule has 336 valence electrons. The molecule has 0 saturated heterocycles. The van der Waals surface area contributed by atoms with Gasteiger partial charge in [0.1, 0.15) is 46.1 Å². The Morgan fingerprint density at radius 3 is 1.43 bits per heavy atom. The molecular weight excluding hydrogens is 925 g/mol. The van der Waals surface area contributed by atoms with Crippen molar-refractivity contribution in [1.82, 2.24) is 45.0 Å². The van der Waals surface area contributed by atoms with Gasteiger partial charge >= 0.3 is 43.1 Å². The van der Waals surface area contributed by atoms with Crippen LogP contribution >= 0.6 is 31.9 Å². The first kappa shape index (κ1) is 57.0. The number of esters is 1. The number of aromatic nitrogens is 6. The number of halogens is 2. The predicted molar refractivity (Wildman–Crippen MR) is 229 cm³/mol. The SMILES string of the molecule is CC(C)(C)OC(=O)NCCC(=O)OCCn1c(CCNC(=O)OC(C)(C)C)nc2cc(Br)cnc21.CC(C)(C)OC(=O)NCCc1nc2cc(Br)cnc2n1CCO.O.[Li+].[OH-]. The number of pyridine rings is 2. The molecule has 0 atom stereocenters. The second-order valence-corrected chi connectivity index (χ2v) is 17.7. The van der Waals surface area contributed by atoms with Gasteiger partial charge in [-0.05, 0) is 106 Å². The van der Waals surface area contributed by atoms with Crippen LogP contribution in [0.25, 0.3) is 22.3 Å². The third kappa shape index (κ3) is 21.1. The number of ether oxygens (including phenoxy) is 4. The summed E-state index contributed by atoms with van der Waals surface area (Å²) >= 11 is 6.76. The van der Waals surface area contributed by atoms with Gasteiger partial charge in [-0.1, -0.05) is 0 Å². The maximum absolute atomic E-state index is 12.1. The minimum Gasteiger partial charge on any atom is -0.870 e. The molecule has 0 aliphatic heterocycles. The Hall–Kier alpha value is -4.04. The quantitative estimate of drug-likeness (QED) is 0.0799. The minimum absolute atomic E-state index is 0. The summed E-state index contributed by atoms with van der Waals surface area (Å²) in [6, 6.07) is 3.72. The standard InChI is InChI=1S/C23H34BrN5O6.C15H21BrN4O3.Li.2H2O/c1-22(2,3)34-20(31)25-9-7-17-28-16-13-15(24)14-27-19(16)29(17)11-12-33-18(30)8-10-26-21(32)35-23(4,5)6;1-15(2,3)23-14(22)17-5-4-12-19-11-8-10(16)9-18-13(11)20(12)6-7-21;;;/h13-14H,7-12H2,1-6H3,(H,25,31)(H,26,32);8-9,21H,4-7H2,1-3H3,(H,17,22);;2*1H2/q;;+1;;/p-1. The molecule has 0 unspecified atom stereocenters. The van der Waals surface area contributed by atoms with Crippen molar-refractivity contribution in [2.45, 2.75) is 111 Å². The molecule has 23 heteroatoms. The number of hydrogen-bond donors (Lipinski definition) is 4. The average Bonchev–Trinajstić information content (AvgIpc) is 3.58. The van der Waals surface area contributed by atoms with Gasteiger partial charge in [-0.2, -0.15) is 0 Å². The largest absolute Gasteiger partial charge is 1.00 e. The van der Waals surface area contributed by atoms with Gasteiger partial charge in [0, 0.05) is 60.4 Å². The number of aliphatic hydroxyl groups is 1. The Morgan fingerprint density at radius 1 is 0.672 bits per heavy atom. The molecular formula is C38H58Br2LiN9O11. The fourth-order valence-corrected chi connectivity index (χ4v) is 5.74. The maximum atomic E-state index is 12.1. The van der Waals surface area contributed by atoms with Crippen LogP contribution in [0.3, 0.4) is 0 Å². The van der Waals surface area contributed by atoms with E-state index in [0.717, 1.165) is 25.9 Å². The molecule has 4 heterocycles. The summed E-state index contributed by atoms with van der Waals surface area (Å²) < 4.78 is 26.2. The smallest absolute Gasteiger partial charge is 0.870 e. The fraction of sp³-hybridized carbons (Fsp3) is 0.579. The summed E-state index contributed by atoms with van der Waals surface area (Å²) in [5.41, 5.74) is 1.07. The number of alkyl carbamates (subject to hydrolysis) is 3. The van der Waals surface area contributed by atoms with E-state index in [9.17, 15) is 24.3 Å². The summed E-state index contributed by atoms with van der Waals surface area (Å²) in [7, 11) is 0. The molecule has 0 aliphatic carbocycles. The molecule has 0 aromatic carbocycles. The van der Waals surface area contributed by atoms with Gasteiger partial charge in [0.05, 0.1) is 19.6 Å². The van der Waals surface area contributed by atoms with Gasteiger partial charge in [-0.3, -0.25) is 4.79 Å². The molecule has 0 bridgehead atoms. The molecule has 0 saturated carbocycles. The first-order valence-electron chi connectivity index (χ1n) is 18.7. The van der Waals surface area contributed by atoms with Gasteiger partial charge in [0.15, 0.2) is 11.3 Å². The summed E-state index contributed by atoms with van der Waals surface area (Å²) in [6.07, 6.45) is 2.78. The summed E-state index contributed by atoms with van der Waals surface area (Å²) in [4.78, 5) is 65.2. The second-order valence-electron chi connectivity index (χ2n) is 15.8. The van der Waals surface area contributed by atoms with Crippen LogP contribution in [0, 0.1) is 0 Å². The summed E-state index contributed by atoms with van der Waals surface area (Å²) in [5.74, 6) is 0.995. The maximum Gasteiger partial charge on any atom is 1.00 e. The van der Waals surface area contributed by atoms with E-state index in [1.165, 1.54) is 0 Å². The van der Waals surface area contributed by atoms with Gasteiger partial charge in [0.2, 0.25) is 0 Å². The van der Waals surface area contributed by atoms with Crippen molar-refractivity contribution in [3.8, 4) is 0 Å². The topological polar surface area (TPSA) is 284 Å². The zero-order valence-corrected chi connectivity index (χ0v) is 39.7. The molecule has 0 radical (unpaired) electrons. The number of nitrogens with zero attached hydrogens (tertiary/aromatic N) is 6. The normalized spacial score (nSPS) is 11.1. The van der Waals surface area contributed by atoms with Crippen LogP contribution in [0.15, 0.2) is 33.5 Å². The number of rotatable bonds is 14. The number of carbonyl (C=O) groups excluding carboxylic acids is 4. The summed E-state index contributed by atoms with van der Waals surface area (Å²) in [5, 5.41) is 17.2. The first-order valence-corrected chi connectivity index (χ1v) is 20.3. The van der Waals surface area contributed by atoms with Gasteiger partial charge < -0.3 is 60.1 Å². The van der Waals surface area contributed by atoms with Crippen molar-refractivity contribution >= 4 is 78.4 Å². The number of amides is 3.